The van der Waals surface area contributed by atoms with Gasteiger partial charge in [-0.15, -0.1) is 0 Å². The fraction of sp³-hybridized carbons (Fsp3) is 0.889. The zero-order valence-corrected chi connectivity index (χ0v) is 8.24. The molecule has 2 aliphatic heterocycles. The molecule has 2 aliphatic rings. The van der Waals surface area contributed by atoms with Gasteiger partial charge in [-0.05, 0) is 6.42 Å². The van der Waals surface area contributed by atoms with Crippen LogP contribution >= 0.6 is 0 Å². The molecule has 5 heteroatoms. The van der Waals surface area contributed by atoms with Crippen LogP contribution < -0.4 is 10.6 Å². The number of nitrogens with zero attached hydrogens (tertiary/aromatic N) is 2. The highest BCUT2D eigenvalue weighted by Crippen LogP contribution is 2.07. The molecule has 5 nitrogen and oxygen atoms in total. The van der Waals surface area contributed by atoms with Crippen LogP contribution in [-0.2, 0) is 4.74 Å². The zero-order chi connectivity index (χ0) is 9.80. The summed E-state index contributed by atoms with van der Waals surface area (Å²) in [6.07, 6.45) is 0.740. The van der Waals surface area contributed by atoms with Gasteiger partial charge in [-0.1, -0.05) is 0 Å². The van der Waals surface area contributed by atoms with E-state index in [0.717, 1.165) is 39.1 Å². The van der Waals surface area contributed by atoms with Crippen molar-refractivity contribution in [2.75, 3.05) is 39.3 Å². The molecule has 0 bridgehead atoms. The van der Waals surface area contributed by atoms with Crippen molar-refractivity contribution in [3.8, 4) is 0 Å². The molecule has 1 radical (unpaired) electrons. The molecule has 14 heavy (non-hydrogen) atoms. The van der Waals surface area contributed by atoms with Gasteiger partial charge in [-0.25, -0.2) is 10.1 Å². The highest BCUT2D eigenvalue weighted by Gasteiger charge is 2.24. The first-order valence-electron chi connectivity index (χ1n) is 5.16. The molecule has 0 aromatic heterocycles. The van der Waals surface area contributed by atoms with Crippen molar-refractivity contribution in [3.63, 3.8) is 0 Å². The third-order valence-electron chi connectivity index (χ3n) is 2.58. The van der Waals surface area contributed by atoms with Gasteiger partial charge >= 0.3 is 6.09 Å². The normalized spacial score (nSPS) is 27.7. The molecular formula is C9H16N3O2. The van der Waals surface area contributed by atoms with Crippen LogP contribution in [-0.4, -0.2) is 56.4 Å². The summed E-state index contributed by atoms with van der Waals surface area (Å²) in [6, 6.07) is 0. The highest BCUT2D eigenvalue weighted by molar-refractivity contribution is 5.68. The molecule has 1 N–H and O–H groups in total. The molecule has 2 fully saturated rings. The Morgan fingerprint density at radius 1 is 1.43 bits per heavy atom. The highest BCUT2D eigenvalue weighted by atomic mass is 16.6. The molecule has 0 spiro atoms. The first kappa shape index (κ1) is 9.73. The number of rotatable bonds is 1. The fourth-order valence-corrected chi connectivity index (χ4v) is 1.72. The van der Waals surface area contributed by atoms with E-state index >= 15 is 0 Å². The van der Waals surface area contributed by atoms with Crippen molar-refractivity contribution in [1.29, 1.82) is 0 Å². The minimum atomic E-state index is -0.173. The van der Waals surface area contributed by atoms with Gasteiger partial charge in [-0.3, -0.25) is 0 Å². The summed E-state index contributed by atoms with van der Waals surface area (Å²) >= 11 is 0. The number of ether oxygens (including phenoxy) is 1. The number of carbonyl (C=O) groups is 1. The predicted molar refractivity (Wildman–Crippen MR) is 51.2 cm³/mol. The number of carbonyl (C=O) groups excluding carboxylic acids is 1. The first-order valence-corrected chi connectivity index (χ1v) is 5.16. The topological polar surface area (TPSA) is 55.7 Å². The lowest BCUT2D eigenvalue weighted by Crippen LogP contribution is -2.47. The van der Waals surface area contributed by atoms with Crippen molar-refractivity contribution in [3.05, 3.63) is 0 Å². The smallest absolute Gasteiger partial charge is 0.410 e. The number of hydrogen-bond donors (Lipinski definition) is 1. The molecule has 1 atom stereocenters. The summed E-state index contributed by atoms with van der Waals surface area (Å²) in [6.45, 7) is 4.75. The van der Waals surface area contributed by atoms with E-state index in [4.69, 9.17) is 4.74 Å². The molecule has 2 saturated heterocycles. The molecule has 2 rings (SSSR count). The van der Waals surface area contributed by atoms with Gasteiger partial charge in [0.05, 0.1) is 6.54 Å². The van der Waals surface area contributed by atoms with E-state index in [1.807, 2.05) is 0 Å². The summed E-state index contributed by atoms with van der Waals surface area (Å²) in [5.41, 5.74) is 0. The van der Waals surface area contributed by atoms with Crippen LogP contribution in [0.25, 0.3) is 0 Å². The van der Waals surface area contributed by atoms with Gasteiger partial charge in [0.1, 0.15) is 6.10 Å². The lowest BCUT2D eigenvalue weighted by atomic mass is 10.3. The Morgan fingerprint density at radius 3 is 2.86 bits per heavy atom. The molecule has 1 amide bonds. The van der Waals surface area contributed by atoms with Crippen LogP contribution in [0.4, 0.5) is 4.79 Å². The summed E-state index contributed by atoms with van der Waals surface area (Å²) in [4.78, 5) is 13.3. The number of piperazine rings is 1. The van der Waals surface area contributed by atoms with Gasteiger partial charge in [0.25, 0.3) is 0 Å². The summed E-state index contributed by atoms with van der Waals surface area (Å²) < 4.78 is 5.32. The second-order valence-corrected chi connectivity index (χ2v) is 3.66. The standard InChI is InChI=1S/C9H16N3O2/c13-9(12-5-3-10-4-6-12)14-8-1-2-11-7-8/h8,10H,1-7H2. The SMILES string of the molecule is O=C(OC1CC[N]C1)N1CCNCC1. The lowest BCUT2D eigenvalue weighted by molar-refractivity contribution is 0.0669. The number of nitrogens with one attached hydrogen (secondary N) is 1. The molecule has 0 aromatic carbocycles. The van der Waals surface area contributed by atoms with Gasteiger partial charge < -0.3 is 15.0 Å². The Bertz CT molecular complexity index is 198. The second kappa shape index (κ2) is 4.61. The molecule has 1 unspecified atom stereocenters. The van der Waals surface area contributed by atoms with Crippen LogP contribution in [0.2, 0.25) is 0 Å². The molecular weight excluding hydrogens is 182 g/mol. The third-order valence-corrected chi connectivity index (χ3v) is 2.58. The first-order chi connectivity index (χ1) is 6.86. The third kappa shape index (κ3) is 2.36. The van der Waals surface area contributed by atoms with E-state index in [-0.39, 0.29) is 12.2 Å². The van der Waals surface area contributed by atoms with Crippen LogP contribution in [0.1, 0.15) is 6.42 Å². The average molecular weight is 198 g/mol. The average Bonchev–Trinajstić information content (AvgIpc) is 2.72. The summed E-state index contributed by atoms with van der Waals surface area (Å²) in [7, 11) is 0. The molecule has 0 aliphatic carbocycles. The second-order valence-electron chi connectivity index (χ2n) is 3.66. The van der Waals surface area contributed by atoms with Crippen molar-refractivity contribution in [1.82, 2.24) is 15.5 Å². The maximum Gasteiger partial charge on any atom is 0.410 e. The van der Waals surface area contributed by atoms with Gasteiger partial charge in [0.2, 0.25) is 0 Å². The molecule has 79 valence electrons. The van der Waals surface area contributed by atoms with Gasteiger partial charge in [-0.2, -0.15) is 0 Å². The minimum Gasteiger partial charge on any atom is -0.445 e. The molecule has 0 aromatic rings. The Hall–Kier alpha value is -0.810. The Labute approximate surface area is 83.8 Å². The van der Waals surface area contributed by atoms with E-state index in [1.165, 1.54) is 0 Å². The Balaban J connectivity index is 1.75. The lowest BCUT2D eigenvalue weighted by Gasteiger charge is -2.27. The predicted octanol–water partition coefficient (Wildman–Crippen LogP) is -0.595. The Morgan fingerprint density at radius 2 is 2.21 bits per heavy atom. The van der Waals surface area contributed by atoms with Crippen molar-refractivity contribution in [2.24, 2.45) is 0 Å². The van der Waals surface area contributed by atoms with Gasteiger partial charge in [0.15, 0.2) is 0 Å². The quantitative estimate of drug-likeness (QED) is 0.612. The van der Waals surface area contributed by atoms with E-state index in [2.05, 4.69) is 10.6 Å². The van der Waals surface area contributed by atoms with Crippen LogP contribution in [0.3, 0.4) is 0 Å². The monoisotopic (exact) mass is 198 g/mol. The number of hydrogen-bond acceptors (Lipinski definition) is 3. The van der Waals surface area contributed by atoms with Crippen molar-refractivity contribution < 1.29 is 9.53 Å². The number of amides is 1. The van der Waals surface area contributed by atoms with Crippen LogP contribution in [0, 0.1) is 0 Å². The zero-order valence-electron chi connectivity index (χ0n) is 8.24. The largest absolute Gasteiger partial charge is 0.445 e. The van der Waals surface area contributed by atoms with Crippen molar-refractivity contribution >= 4 is 6.09 Å². The minimum absolute atomic E-state index is 0.0254. The maximum absolute atomic E-state index is 11.6. The van der Waals surface area contributed by atoms with Crippen molar-refractivity contribution in [2.45, 2.75) is 12.5 Å². The molecule has 2 heterocycles. The van der Waals surface area contributed by atoms with E-state index in [1.54, 1.807) is 4.90 Å². The summed E-state index contributed by atoms with van der Waals surface area (Å²) in [5, 5.41) is 7.35. The summed E-state index contributed by atoms with van der Waals surface area (Å²) in [5.74, 6) is 0. The van der Waals surface area contributed by atoms with Gasteiger partial charge in [0, 0.05) is 32.7 Å². The molecule has 0 saturated carbocycles. The van der Waals surface area contributed by atoms with Crippen LogP contribution in [0.5, 0.6) is 0 Å². The van der Waals surface area contributed by atoms with E-state index < -0.39 is 0 Å². The fourth-order valence-electron chi connectivity index (χ4n) is 1.72. The Kier molecular flexibility index (Phi) is 3.21. The van der Waals surface area contributed by atoms with E-state index in [0.29, 0.717) is 6.54 Å². The van der Waals surface area contributed by atoms with E-state index in [9.17, 15) is 4.79 Å². The maximum atomic E-state index is 11.6. The van der Waals surface area contributed by atoms with Crippen LogP contribution in [0.15, 0.2) is 0 Å².